The predicted octanol–water partition coefficient (Wildman–Crippen LogP) is -1.61. The second-order valence-corrected chi connectivity index (χ2v) is 2.47. The summed E-state index contributed by atoms with van der Waals surface area (Å²) in [5, 5.41) is 25.8. The van der Waals surface area contributed by atoms with Gasteiger partial charge in [0.25, 0.3) is 0 Å². The number of aliphatic carboxylic acids is 1. The lowest BCUT2D eigenvalue weighted by molar-refractivity contribution is -0.141. The monoisotopic (exact) mass is 163 g/mol. The molecule has 0 heterocycles. The van der Waals surface area contributed by atoms with Crippen molar-refractivity contribution < 1.29 is 20.1 Å². The summed E-state index contributed by atoms with van der Waals surface area (Å²) in [5.41, 5.74) is 5.17. The number of nitrogens with two attached hydrogens (primary N) is 1. The first kappa shape index (κ1) is 10.3. The van der Waals surface area contributed by atoms with Crippen LogP contribution in [-0.4, -0.2) is 40.0 Å². The van der Waals surface area contributed by atoms with Gasteiger partial charge in [-0.05, 0) is 0 Å². The van der Waals surface area contributed by atoms with E-state index in [9.17, 15) is 4.79 Å². The fourth-order valence-electron chi connectivity index (χ4n) is 0.630. The van der Waals surface area contributed by atoms with Crippen molar-refractivity contribution in [3.05, 3.63) is 0 Å². The smallest absolute Gasteiger partial charge is 0.320 e. The molecule has 66 valence electrons. The zero-order valence-electron chi connectivity index (χ0n) is 6.27. The van der Waals surface area contributed by atoms with Crippen molar-refractivity contribution in [1.82, 2.24) is 0 Å². The Hall–Kier alpha value is -0.650. The van der Waals surface area contributed by atoms with E-state index in [0.717, 1.165) is 0 Å². The SMILES string of the molecule is C[C@@H](C(O)CO)[C@H](N)C(=O)O. The molecular weight excluding hydrogens is 150 g/mol. The Morgan fingerprint density at radius 2 is 2.09 bits per heavy atom. The molecule has 0 radical (unpaired) electrons. The van der Waals surface area contributed by atoms with Crippen LogP contribution in [0, 0.1) is 5.92 Å². The summed E-state index contributed by atoms with van der Waals surface area (Å²) in [6.07, 6.45) is -1.07. The van der Waals surface area contributed by atoms with Gasteiger partial charge in [0.15, 0.2) is 0 Å². The molecule has 0 spiro atoms. The summed E-state index contributed by atoms with van der Waals surface area (Å²) in [5.74, 6) is -1.82. The van der Waals surface area contributed by atoms with Crippen LogP contribution in [0.1, 0.15) is 6.92 Å². The van der Waals surface area contributed by atoms with Crippen LogP contribution in [0.4, 0.5) is 0 Å². The van der Waals surface area contributed by atoms with Crippen molar-refractivity contribution in [2.45, 2.75) is 19.1 Å². The predicted molar refractivity (Wildman–Crippen MR) is 37.9 cm³/mol. The molecule has 0 fully saturated rings. The van der Waals surface area contributed by atoms with E-state index in [2.05, 4.69) is 0 Å². The Labute approximate surface area is 64.4 Å². The highest BCUT2D eigenvalue weighted by Crippen LogP contribution is 2.06. The highest BCUT2D eigenvalue weighted by Gasteiger charge is 2.25. The van der Waals surface area contributed by atoms with E-state index in [1.165, 1.54) is 6.92 Å². The molecule has 5 heteroatoms. The summed E-state index contributed by atoms with van der Waals surface area (Å²) in [6, 6.07) is -1.13. The van der Waals surface area contributed by atoms with Gasteiger partial charge in [-0.25, -0.2) is 0 Å². The van der Waals surface area contributed by atoms with E-state index < -0.39 is 30.6 Å². The maximum atomic E-state index is 10.2. The maximum Gasteiger partial charge on any atom is 0.320 e. The third-order valence-electron chi connectivity index (χ3n) is 1.65. The van der Waals surface area contributed by atoms with E-state index in [1.54, 1.807) is 0 Å². The van der Waals surface area contributed by atoms with Crippen LogP contribution in [0.3, 0.4) is 0 Å². The zero-order chi connectivity index (χ0) is 9.02. The summed E-state index contributed by atoms with van der Waals surface area (Å²) >= 11 is 0. The minimum Gasteiger partial charge on any atom is -0.480 e. The molecular formula is C6H13NO4. The minimum absolute atomic E-state index is 0.470. The number of carboxylic acid groups (broad SMARTS) is 1. The molecule has 5 N–H and O–H groups in total. The van der Waals surface area contributed by atoms with Crippen LogP contribution >= 0.6 is 0 Å². The summed E-state index contributed by atoms with van der Waals surface area (Å²) < 4.78 is 0. The van der Waals surface area contributed by atoms with Crippen LogP contribution < -0.4 is 5.73 Å². The van der Waals surface area contributed by atoms with Gasteiger partial charge in [-0.2, -0.15) is 0 Å². The van der Waals surface area contributed by atoms with Gasteiger partial charge < -0.3 is 21.1 Å². The van der Waals surface area contributed by atoms with Crippen LogP contribution in [-0.2, 0) is 4.79 Å². The van der Waals surface area contributed by atoms with Crippen LogP contribution in [0.25, 0.3) is 0 Å². The van der Waals surface area contributed by atoms with Crippen molar-refractivity contribution in [3.63, 3.8) is 0 Å². The summed E-state index contributed by atoms with van der Waals surface area (Å²) in [4.78, 5) is 10.2. The fourth-order valence-corrected chi connectivity index (χ4v) is 0.630. The Morgan fingerprint density at radius 3 is 2.36 bits per heavy atom. The topological polar surface area (TPSA) is 104 Å². The van der Waals surface area contributed by atoms with Crippen LogP contribution in [0.5, 0.6) is 0 Å². The minimum atomic E-state index is -1.18. The van der Waals surface area contributed by atoms with Gasteiger partial charge in [-0.15, -0.1) is 0 Å². The number of carboxylic acids is 1. The van der Waals surface area contributed by atoms with Crippen molar-refractivity contribution in [3.8, 4) is 0 Å². The average Bonchev–Trinajstić information content (AvgIpc) is 2.00. The molecule has 11 heavy (non-hydrogen) atoms. The van der Waals surface area contributed by atoms with Gasteiger partial charge >= 0.3 is 5.97 Å². The molecule has 0 bridgehead atoms. The average molecular weight is 163 g/mol. The number of rotatable bonds is 4. The Bertz CT molecular complexity index is 139. The largest absolute Gasteiger partial charge is 0.480 e. The van der Waals surface area contributed by atoms with Crippen molar-refractivity contribution in [2.24, 2.45) is 11.7 Å². The Morgan fingerprint density at radius 1 is 1.64 bits per heavy atom. The molecule has 0 aliphatic rings. The maximum absolute atomic E-state index is 10.2. The Balaban J connectivity index is 4.00. The van der Waals surface area contributed by atoms with Crippen LogP contribution in [0.2, 0.25) is 0 Å². The lowest BCUT2D eigenvalue weighted by Crippen LogP contribution is -2.43. The molecule has 3 atom stereocenters. The molecule has 0 aliphatic heterocycles. The number of hydrogen-bond acceptors (Lipinski definition) is 4. The van der Waals surface area contributed by atoms with Gasteiger partial charge in [-0.3, -0.25) is 4.79 Å². The van der Waals surface area contributed by atoms with E-state index in [-0.39, 0.29) is 0 Å². The third-order valence-corrected chi connectivity index (χ3v) is 1.65. The summed E-state index contributed by atoms with van der Waals surface area (Å²) in [6.45, 7) is 1.00. The molecule has 0 aromatic carbocycles. The number of aliphatic hydroxyl groups excluding tert-OH is 2. The van der Waals surface area contributed by atoms with Crippen LogP contribution in [0.15, 0.2) is 0 Å². The first-order valence-electron chi connectivity index (χ1n) is 3.28. The molecule has 0 amide bonds. The normalized spacial score (nSPS) is 18.9. The standard InChI is InChI=1S/C6H13NO4/c1-3(4(9)2-8)5(7)6(10)11/h3-5,8-9H,2,7H2,1H3,(H,10,11)/t3-,4?,5-/m0/s1. The molecule has 0 aliphatic carbocycles. The lowest BCUT2D eigenvalue weighted by Gasteiger charge is -2.19. The van der Waals surface area contributed by atoms with Crippen molar-refractivity contribution >= 4 is 5.97 Å². The highest BCUT2D eigenvalue weighted by atomic mass is 16.4. The molecule has 0 saturated carbocycles. The summed E-state index contributed by atoms with van der Waals surface area (Å²) in [7, 11) is 0. The molecule has 0 aromatic rings. The van der Waals surface area contributed by atoms with Gasteiger partial charge in [0, 0.05) is 5.92 Å². The lowest BCUT2D eigenvalue weighted by atomic mass is 9.97. The van der Waals surface area contributed by atoms with Crippen molar-refractivity contribution in [2.75, 3.05) is 6.61 Å². The van der Waals surface area contributed by atoms with Gasteiger partial charge in [0.1, 0.15) is 6.04 Å². The van der Waals surface area contributed by atoms with E-state index >= 15 is 0 Å². The molecule has 0 rings (SSSR count). The highest BCUT2D eigenvalue weighted by molar-refractivity contribution is 5.73. The van der Waals surface area contributed by atoms with Gasteiger partial charge in [0.2, 0.25) is 0 Å². The van der Waals surface area contributed by atoms with Gasteiger partial charge in [0.05, 0.1) is 12.7 Å². The van der Waals surface area contributed by atoms with E-state index in [4.69, 9.17) is 21.1 Å². The fraction of sp³-hybridized carbons (Fsp3) is 0.833. The quantitative estimate of drug-likeness (QED) is 0.399. The first-order chi connectivity index (χ1) is 5.00. The first-order valence-corrected chi connectivity index (χ1v) is 3.28. The second kappa shape index (κ2) is 4.27. The molecule has 5 nitrogen and oxygen atoms in total. The van der Waals surface area contributed by atoms with E-state index in [0.29, 0.717) is 0 Å². The number of carbonyl (C=O) groups is 1. The Kier molecular flexibility index (Phi) is 4.02. The van der Waals surface area contributed by atoms with E-state index in [1.807, 2.05) is 0 Å². The molecule has 1 unspecified atom stereocenters. The number of aliphatic hydroxyl groups is 2. The third kappa shape index (κ3) is 2.83. The van der Waals surface area contributed by atoms with Crippen molar-refractivity contribution in [1.29, 1.82) is 0 Å². The molecule has 0 aromatic heterocycles. The zero-order valence-corrected chi connectivity index (χ0v) is 6.27. The second-order valence-electron chi connectivity index (χ2n) is 2.47. The molecule has 0 saturated heterocycles. The van der Waals surface area contributed by atoms with Gasteiger partial charge in [-0.1, -0.05) is 6.92 Å². The number of hydrogen-bond donors (Lipinski definition) is 4.